The van der Waals surface area contributed by atoms with Gasteiger partial charge in [0.1, 0.15) is 5.76 Å². The molecule has 0 bridgehead atoms. The highest BCUT2D eigenvalue weighted by Gasteiger charge is 2.26. The number of nitrogens with zero attached hydrogens (tertiary/aromatic N) is 4. The van der Waals surface area contributed by atoms with Crippen molar-refractivity contribution < 1.29 is 14.1 Å². The number of piperazine rings is 1. The third kappa shape index (κ3) is 4.64. The minimum atomic E-state index is -0.000773. The monoisotopic (exact) mass is 411 g/mol. The molecule has 30 heavy (non-hydrogen) atoms. The van der Waals surface area contributed by atoms with Crippen LogP contribution >= 0.6 is 0 Å². The molecular formula is C22H29N5O3. The van der Waals surface area contributed by atoms with E-state index in [4.69, 9.17) is 4.52 Å². The van der Waals surface area contributed by atoms with E-state index in [-0.39, 0.29) is 11.8 Å². The Hall–Kier alpha value is -2.87. The van der Waals surface area contributed by atoms with Gasteiger partial charge in [-0.2, -0.15) is 0 Å². The predicted octanol–water partition coefficient (Wildman–Crippen LogP) is 1.83. The summed E-state index contributed by atoms with van der Waals surface area (Å²) in [7, 11) is 0. The van der Waals surface area contributed by atoms with Crippen molar-refractivity contribution in [1.29, 1.82) is 0 Å². The van der Waals surface area contributed by atoms with Crippen molar-refractivity contribution >= 4 is 17.9 Å². The van der Waals surface area contributed by atoms with E-state index in [2.05, 4.69) is 15.4 Å². The van der Waals surface area contributed by atoms with Crippen LogP contribution in [0.1, 0.15) is 35.6 Å². The molecule has 3 heterocycles. The average molecular weight is 412 g/mol. The maximum atomic E-state index is 12.6. The summed E-state index contributed by atoms with van der Waals surface area (Å²) < 4.78 is 7.21. The van der Waals surface area contributed by atoms with Crippen LogP contribution in [0.25, 0.3) is 11.9 Å². The zero-order valence-corrected chi connectivity index (χ0v) is 17.9. The first-order chi connectivity index (χ1) is 14.4. The summed E-state index contributed by atoms with van der Waals surface area (Å²) >= 11 is 0. The van der Waals surface area contributed by atoms with Crippen LogP contribution in [-0.4, -0.2) is 70.1 Å². The predicted molar refractivity (Wildman–Crippen MR) is 113 cm³/mol. The summed E-state index contributed by atoms with van der Waals surface area (Å²) in [5.74, 6) is 1.60. The highest BCUT2D eigenvalue weighted by atomic mass is 16.5. The molecule has 0 spiro atoms. The molecule has 1 saturated carbocycles. The number of hydrogen-bond donors (Lipinski definition) is 1. The summed E-state index contributed by atoms with van der Waals surface area (Å²) in [4.78, 5) is 28.5. The van der Waals surface area contributed by atoms with Crippen LogP contribution < -0.4 is 5.32 Å². The fourth-order valence-corrected chi connectivity index (χ4v) is 3.86. The number of carbonyl (C=O) groups is 2. The maximum Gasteiger partial charge on any atom is 0.246 e. The van der Waals surface area contributed by atoms with Crippen molar-refractivity contribution in [3.63, 3.8) is 0 Å². The summed E-state index contributed by atoms with van der Waals surface area (Å²) in [6, 6.07) is 4.32. The Morgan fingerprint density at radius 3 is 2.53 bits per heavy atom. The van der Waals surface area contributed by atoms with Crippen molar-refractivity contribution in [3.8, 4) is 5.82 Å². The Bertz CT molecular complexity index is 962. The second-order valence-corrected chi connectivity index (χ2v) is 8.23. The molecule has 4 rings (SSSR count). The lowest BCUT2D eigenvalue weighted by molar-refractivity contribution is -0.128. The standard InChI is InChI=1S/C22H29N5O3/c1-15-12-18(17(3)27(15)20-13-16(2)30-24-20)4-7-22(29)26-10-8-25(9-11-26)14-21(28)23-19-5-6-19/h4,7,12-13,19H,5-6,8-11,14H2,1-3H3,(H,23,28)/b7-4+. The molecular weight excluding hydrogens is 382 g/mol. The van der Waals surface area contributed by atoms with Crippen LogP contribution in [0.5, 0.6) is 0 Å². The van der Waals surface area contributed by atoms with Gasteiger partial charge in [-0.05, 0) is 51.3 Å². The number of amides is 2. The van der Waals surface area contributed by atoms with E-state index in [9.17, 15) is 9.59 Å². The number of rotatable bonds is 6. The van der Waals surface area contributed by atoms with E-state index in [0.29, 0.717) is 25.7 Å². The molecule has 1 saturated heterocycles. The van der Waals surface area contributed by atoms with Crippen LogP contribution in [-0.2, 0) is 9.59 Å². The van der Waals surface area contributed by atoms with Gasteiger partial charge < -0.3 is 14.7 Å². The molecule has 0 atom stereocenters. The summed E-state index contributed by atoms with van der Waals surface area (Å²) in [5.41, 5.74) is 3.03. The van der Waals surface area contributed by atoms with Gasteiger partial charge in [0, 0.05) is 55.8 Å². The number of nitrogens with one attached hydrogen (secondary N) is 1. The van der Waals surface area contributed by atoms with Crippen LogP contribution in [0.4, 0.5) is 0 Å². The molecule has 0 unspecified atom stereocenters. The molecule has 8 nitrogen and oxygen atoms in total. The van der Waals surface area contributed by atoms with Gasteiger partial charge in [0.05, 0.1) is 6.54 Å². The number of carbonyl (C=O) groups excluding carboxylic acids is 2. The second-order valence-electron chi connectivity index (χ2n) is 8.23. The van der Waals surface area contributed by atoms with Gasteiger partial charge in [-0.1, -0.05) is 5.16 Å². The van der Waals surface area contributed by atoms with Crippen molar-refractivity contribution in [2.45, 2.75) is 39.7 Å². The lowest BCUT2D eigenvalue weighted by atomic mass is 10.2. The van der Waals surface area contributed by atoms with Crippen LogP contribution in [0.15, 0.2) is 22.7 Å². The van der Waals surface area contributed by atoms with Gasteiger partial charge >= 0.3 is 0 Å². The molecule has 0 aromatic carbocycles. The van der Waals surface area contributed by atoms with Gasteiger partial charge in [-0.3, -0.25) is 19.1 Å². The van der Waals surface area contributed by atoms with E-state index in [1.165, 1.54) is 0 Å². The third-order valence-electron chi connectivity index (χ3n) is 5.71. The Labute approximate surface area is 176 Å². The summed E-state index contributed by atoms with van der Waals surface area (Å²) in [6.45, 7) is 9.01. The normalized spacial score (nSPS) is 17.6. The zero-order valence-electron chi connectivity index (χ0n) is 17.9. The Morgan fingerprint density at radius 1 is 1.17 bits per heavy atom. The molecule has 0 radical (unpaired) electrons. The molecule has 1 aliphatic heterocycles. The fourth-order valence-electron chi connectivity index (χ4n) is 3.86. The van der Waals surface area contributed by atoms with E-state index < -0.39 is 0 Å². The summed E-state index contributed by atoms with van der Waals surface area (Å²) in [5, 5.41) is 7.11. The number of aromatic nitrogens is 2. The smallest absolute Gasteiger partial charge is 0.246 e. The lowest BCUT2D eigenvalue weighted by Gasteiger charge is -2.33. The van der Waals surface area contributed by atoms with Crippen molar-refractivity contribution in [3.05, 3.63) is 40.9 Å². The quantitative estimate of drug-likeness (QED) is 0.733. The highest BCUT2D eigenvalue weighted by Crippen LogP contribution is 2.22. The molecule has 2 aliphatic rings. The topological polar surface area (TPSA) is 83.6 Å². The Kier molecular flexibility index (Phi) is 5.76. The highest BCUT2D eigenvalue weighted by molar-refractivity contribution is 5.92. The Balaban J connectivity index is 1.32. The summed E-state index contributed by atoms with van der Waals surface area (Å²) in [6.07, 6.45) is 5.70. The van der Waals surface area contributed by atoms with Crippen LogP contribution in [0, 0.1) is 20.8 Å². The first kappa shape index (κ1) is 20.4. The Morgan fingerprint density at radius 2 is 1.90 bits per heavy atom. The largest absolute Gasteiger partial charge is 0.360 e. The first-order valence-corrected chi connectivity index (χ1v) is 10.5. The molecule has 8 heteroatoms. The van der Waals surface area contributed by atoms with Crippen molar-refractivity contribution in [2.75, 3.05) is 32.7 Å². The SMILES string of the molecule is Cc1cc(-n2c(C)cc(/C=C/C(=O)N3CCN(CC(=O)NC4CC4)CC3)c2C)no1. The van der Waals surface area contributed by atoms with Crippen molar-refractivity contribution in [2.24, 2.45) is 0 Å². The van der Waals surface area contributed by atoms with Gasteiger partial charge in [0.25, 0.3) is 0 Å². The van der Waals surface area contributed by atoms with Gasteiger partial charge in [-0.25, -0.2) is 0 Å². The van der Waals surface area contributed by atoms with Crippen LogP contribution in [0.3, 0.4) is 0 Å². The molecule has 160 valence electrons. The van der Waals surface area contributed by atoms with E-state index in [1.807, 2.05) is 48.4 Å². The van der Waals surface area contributed by atoms with Gasteiger partial charge in [0.2, 0.25) is 11.8 Å². The minimum Gasteiger partial charge on any atom is -0.360 e. The fraction of sp³-hybridized carbons (Fsp3) is 0.500. The maximum absolute atomic E-state index is 12.6. The molecule has 1 N–H and O–H groups in total. The minimum absolute atomic E-state index is 0.000773. The van der Waals surface area contributed by atoms with E-state index in [0.717, 1.165) is 54.5 Å². The van der Waals surface area contributed by atoms with Gasteiger partial charge in [0.15, 0.2) is 5.82 Å². The first-order valence-electron chi connectivity index (χ1n) is 10.5. The molecule has 1 aliphatic carbocycles. The second kappa shape index (κ2) is 8.47. The van der Waals surface area contributed by atoms with E-state index >= 15 is 0 Å². The van der Waals surface area contributed by atoms with Crippen LogP contribution in [0.2, 0.25) is 0 Å². The molecule has 2 aromatic rings. The average Bonchev–Trinajstić information content (AvgIpc) is 3.35. The number of hydrogen-bond acceptors (Lipinski definition) is 5. The van der Waals surface area contributed by atoms with E-state index in [1.54, 1.807) is 6.08 Å². The van der Waals surface area contributed by atoms with Crippen molar-refractivity contribution in [1.82, 2.24) is 24.8 Å². The molecule has 2 aromatic heterocycles. The third-order valence-corrected chi connectivity index (χ3v) is 5.71. The van der Waals surface area contributed by atoms with Gasteiger partial charge in [-0.15, -0.1) is 0 Å². The molecule has 2 amide bonds. The molecule has 2 fully saturated rings. The number of aryl methyl sites for hydroxylation is 2. The zero-order chi connectivity index (χ0) is 21.3. The lowest BCUT2D eigenvalue weighted by Crippen LogP contribution is -2.51.